The molecule has 0 aliphatic carbocycles. The van der Waals surface area contributed by atoms with E-state index in [0.29, 0.717) is 0 Å². The molecule has 2 atom stereocenters. The van der Waals surface area contributed by atoms with Crippen LogP contribution in [0.4, 0.5) is 0 Å². The zero-order valence-corrected chi connectivity index (χ0v) is 19.6. The zero-order chi connectivity index (χ0) is 12.2. The fourth-order valence-electron chi connectivity index (χ4n) is 0.917. The van der Waals surface area contributed by atoms with Crippen LogP contribution in [0.1, 0.15) is 0 Å². The lowest BCUT2D eigenvalue weighted by molar-refractivity contribution is 2.50. The van der Waals surface area contributed by atoms with Gasteiger partial charge in [0.05, 0.1) is 4.44 Å². The summed E-state index contributed by atoms with van der Waals surface area (Å²) < 4.78 is -5.95. The van der Waals surface area contributed by atoms with Gasteiger partial charge in [-0.1, -0.05) is 69.2 Å². The predicted molar refractivity (Wildman–Crippen MR) is 115 cm³/mol. The van der Waals surface area contributed by atoms with Gasteiger partial charge in [0.15, 0.2) is 0 Å². The first-order chi connectivity index (χ1) is 7.10. The Kier molecular flexibility index (Phi) is 6.10. The van der Waals surface area contributed by atoms with E-state index in [-0.39, 0.29) is 0 Å². The second-order valence-electron chi connectivity index (χ2n) is 2.70. The highest BCUT2D eigenvalue weighted by Crippen LogP contribution is 3.20. The summed E-state index contributed by atoms with van der Waals surface area (Å²) in [5.41, 5.74) is 0. The minimum absolute atomic E-state index is 1.40. The summed E-state index contributed by atoms with van der Waals surface area (Å²) in [5, 5.41) is 0. The smallest absolute Gasteiger partial charge is 0.107 e. The second kappa shape index (κ2) is 5.72. The predicted octanol–water partition coefficient (Wildman–Crippen LogP) is 7.66. The van der Waals surface area contributed by atoms with Gasteiger partial charge in [0.2, 0.25) is 0 Å². The highest BCUT2D eigenvalue weighted by molar-refractivity contribution is 9.72. The molecule has 0 N–H and O–H groups in total. The molecule has 2 heterocycles. The number of hydrogen-bond acceptors (Lipinski definition) is 10. The first-order valence-corrected chi connectivity index (χ1v) is 27.2. The number of hydrogen-bond donors (Lipinski definition) is 0. The fourth-order valence-corrected chi connectivity index (χ4v) is 180. The molecule has 16 heavy (non-hydrogen) atoms. The number of fused-ring (bicyclic) bond motifs is 2. The molecule has 0 aromatic heterocycles. The van der Waals surface area contributed by atoms with Crippen molar-refractivity contribution < 1.29 is 0 Å². The zero-order valence-electron chi connectivity index (χ0n) is 7.87. The molecule has 2 rings (SSSR count). The van der Waals surface area contributed by atoms with Crippen molar-refractivity contribution in [1.29, 1.82) is 0 Å². The lowest BCUT2D eigenvalue weighted by atomic mass is 12.0. The van der Waals surface area contributed by atoms with Crippen LogP contribution in [0.15, 0.2) is 0 Å². The summed E-state index contributed by atoms with van der Waals surface area (Å²) in [4.78, 5) is 0. The maximum Gasteiger partial charge on any atom is 0.127 e. The molecule has 2 aliphatic rings. The van der Waals surface area contributed by atoms with Crippen LogP contribution < -0.4 is 0 Å². The molecule has 94 valence electrons. The lowest BCUT2D eigenvalue weighted by Crippen LogP contribution is -1.78. The third-order valence-corrected chi connectivity index (χ3v) is 86.0. The van der Waals surface area contributed by atoms with Crippen molar-refractivity contribution in [2.45, 2.75) is 0 Å². The van der Waals surface area contributed by atoms with Gasteiger partial charge in [-0.25, -0.2) is 0 Å². The maximum absolute atomic E-state index is 5.86. The molecule has 0 amide bonds. The highest BCUT2D eigenvalue weighted by atomic mass is 34.0. The van der Waals surface area contributed by atoms with Gasteiger partial charge in [0.1, 0.15) is 10.9 Å². The van der Waals surface area contributed by atoms with Gasteiger partial charge in [-0.2, -0.15) is 0 Å². The summed E-state index contributed by atoms with van der Waals surface area (Å²) in [6.45, 7) is 2.19. The van der Waals surface area contributed by atoms with Crippen LogP contribution in [-0.4, -0.2) is 12.9 Å². The Morgan fingerprint density at radius 1 is 0.812 bits per heavy atom. The van der Waals surface area contributed by atoms with Gasteiger partial charge in [0.25, 0.3) is 0 Å². The largest absolute Gasteiger partial charge is 0.127 e. The average Bonchev–Trinajstić information content (AvgIpc) is 1.94. The minimum atomic E-state index is -1.53. The molecule has 2 bridgehead atoms. The Balaban J connectivity index is 2.48. The van der Waals surface area contributed by atoms with Gasteiger partial charge >= 0.3 is 0 Å². The van der Waals surface area contributed by atoms with E-state index in [0.717, 1.165) is 0 Å². The van der Waals surface area contributed by atoms with Gasteiger partial charge in [0, 0.05) is 0 Å². The van der Waals surface area contributed by atoms with E-state index in [1.54, 1.807) is 0 Å². The Morgan fingerprint density at radius 3 is 1.62 bits per heavy atom. The number of rotatable bonds is 1. The molecule has 2 aliphatic heterocycles. The molecule has 2 unspecified atom stereocenters. The Morgan fingerprint density at radius 2 is 1.25 bits per heavy atom. The summed E-state index contributed by atoms with van der Waals surface area (Å²) in [6, 6.07) is 0. The van der Waals surface area contributed by atoms with Crippen molar-refractivity contribution in [2.24, 2.45) is 0 Å². The average molecular weight is 475 g/mol. The van der Waals surface area contributed by atoms with Gasteiger partial charge < -0.3 is 0 Å². The van der Waals surface area contributed by atoms with E-state index >= 15 is 0 Å². The standard InChI is InChI=1S/C2H6P4S10/c1-3(7)12-5(9)14-4(8,11-2)15-6(10,13-3)16-5/h1-2H3. The summed E-state index contributed by atoms with van der Waals surface area (Å²) in [6.07, 6.45) is 2.11. The summed E-state index contributed by atoms with van der Waals surface area (Å²) >= 11 is 34.5. The van der Waals surface area contributed by atoms with E-state index < -0.39 is 15.4 Å². The SMILES string of the molecule is CSP1(=S)SP2(=S)SP(C)(=S)SP(=S)(S1)S2. The Labute approximate surface area is 140 Å². The molecular weight excluding hydrogens is 469 g/mol. The van der Waals surface area contributed by atoms with E-state index in [9.17, 15) is 0 Å². The molecule has 0 spiro atoms. The van der Waals surface area contributed by atoms with E-state index in [2.05, 4.69) is 12.9 Å². The first-order valence-electron chi connectivity index (χ1n) is 3.59. The third kappa shape index (κ3) is 4.12. The van der Waals surface area contributed by atoms with Crippen molar-refractivity contribution in [3.8, 4) is 0 Å². The maximum atomic E-state index is 5.86. The van der Waals surface area contributed by atoms with Gasteiger partial charge in [-0.3, -0.25) is 0 Å². The Bertz CT molecular complexity index is 457. The molecule has 0 aromatic carbocycles. The van der Waals surface area contributed by atoms with E-state index in [1.807, 2.05) is 66.4 Å². The fraction of sp³-hybridized carbons (Fsp3) is 1.00. The molecule has 2 fully saturated rings. The molecule has 2 saturated heterocycles. The van der Waals surface area contributed by atoms with Crippen LogP contribution in [0.2, 0.25) is 0 Å². The lowest BCUT2D eigenvalue weighted by Gasteiger charge is -2.44. The summed E-state index contributed by atoms with van der Waals surface area (Å²) in [7, 11) is 0. The normalized spacial score (nSPS) is 57.1. The second-order valence-corrected chi connectivity index (χ2v) is 59.9. The first kappa shape index (κ1) is 17.1. The van der Waals surface area contributed by atoms with Crippen molar-refractivity contribution in [1.82, 2.24) is 0 Å². The molecular formula is C2H6P4S10. The quantitative estimate of drug-likeness (QED) is 0.346. The Hall–Kier alpha value is 4.70. The molecule has 0 aromatic rings. The third-order valence-electron chi connectivity index (χ3n) is 1.32. The van der Waals surface area contributed by atoms with E-state index in [1.165, 1.54) is 0 Å². The van der Waals surface area contributed by atoms with Crippen LogP contribution in [-0.2, 0) is 47.2 Å². The molecule has 14 heteroatoms. The topological polar surface area (TPSA) is 0 Å². The minimum Gasteiger partial charge on any atom is -0.107 e. The van der Waals surface area contributed by atoms with Crippen molar-refractivity contribution in [3.63, 3.8) is 0 Å². The molecule has 0 radical (unpaired) electrons. The highest BCUT2D eigenvalue weighted by Gasteiger charge is 2.51. The van der Waals surface area contributed by atoms with E-state index in [4.69, 9.17) is 47.2 Å². The van der Waals surface area contributed by atoms with Crippen LogP contribution in [0.25, 0.3) is 0 Å². The van der Waals surface area contributed by atoms with Crippen LogP contribution in [0.3, 0.4) is 0 Å². The summed E-state index contributed by atoms with van der Waals surface area (Å²) in [5.74, 6) is 0. The van der Waals surface area contributed by atoms with Crippen molar-refractivity contribution in [3.05, 3.63) is 0 Å². The van der Waals surface area contributed by atoms with Crippen LogP contribution in [0.5, 0.6) is 0 Å². The van der Waals surface area contributed by atoms with Crippen molar-refractivity contribution >= 4 is 129 Å². The van der Waals surface area contributed by atoms with Gasteiger partial charge in [-0.05, 0) is 45.9 Å². The molecule has 0 saturated carbocycles. The van der Waals surface area contributed by atoms with Crippen molar-refractivity contribution in [2.75, 3.05) is 12.9 Å². The van der Waals surface area contributed by atoms with Crippen LogP contribution in [0, 0.1) is 0 Å². The van der Waals surface area contributed by atoms with Crippen LogP contribution >= 0.6 is 81.8 Å². The van der Waals surface area contributed by atoms with Gasteiger partial charge in [-0.15, -0.1) is 11.4 Å². The molecule has 0 nitrogen and oxygen atoms in total. The monoisotopic (exact) mass is 474 g/mol.